The maximum absolute atomic E-state index is 5.96. The Morgan fingerprint density at radius 3 is 3.00 bits per heavy atom. The largest absolute Gasteiger partial charge is 0.374 e. The van der Waals surface area contributed by atoms with E-state index < -0.39 is 0 Å². The van der Waals surface area contributed by atoms with Gasteiger partial charge in [-0.1, -0.05) is 11.6 Å². The zero-order valence-corrected chi connectivity index (χ0v) is 11.7. The van der Waals surface area contributed by atoms with Crippen LogP contribution in [0.2, 0.25) is 5.02 Å². The minimum atomic E-state index is 0.747. The number of likely N-dealkylation sites (tertiary alicyclic amines) is 1. The average molecular weight is 282 g/mol. The molecule has 0 unspecified atom stereocenters. The van der Waals surface area contributed by atoms with E-state index in [1.807, 2.05) is 18.2 Å². The Morgan fingerprint density at radius 2 is 2.17 bits per heavy atom. The molecule has 0 radical (unpaired) electrons. The van der Waals surface area contributed by atoms with E-state index in [4.69, 9.17) is 11.6 Å². The summed E-state index contributed by atoms with van der Waals surface area (Å²) in [6.07, 6.45) is 2.70. The van der Waals surface area contributed by atoms with Gasteiger partial charge >= 0.3 is 0 Å². The second-order valence-corrected chi connectivity index (χ2v) is 5.86. The Balaban J connectivity index is 1.63. The van der Waals surface area contributed by atoms with Crippen LogP contribution in [0.1, 0.15) is 12.8 Å². The number of benzene rings is 1. The van der Waals surface area contributed by atoms with Gasteiger partial charge in [-0.25, -0.2) is 0 Å². The molecular weight excluding hydrogens is 266 g/mol. The number of hydrogen-bond donors (Lipinski definition) is 1. The van der Waals surface area contributed by atoms with E-state index in [1.165, 1.54) is 42.8 Å². The summed E-state index contributed by atoms with van der Waals surface area (Å²) >= 11 is 7.47. The summed E-state index contributed by atoms with van der Waals surface area (Å²) in [5.74, 6) is 0. The van der Waals surface area contributed by atoms with E-state index in [-0.39, 0.29) is 0 Å². The van der Waals surface area contributed by atoms with Crippen LogP contribution in [0, 0.1) is 0 Å². The third kappa shape index (κ3) is 2.60. The van der Waals surface area contributed by atoms with Gasteiger partial charge in [-0.2, -0.15) is 4.37 Å². The Kier molecular flexibility index (Phi) is 3.68. The first-order valence-corrected chi connectivity index (χ1v) is 7.49. The third-order valence-electron chi connectivity index (χ3n) is 3.35. The number of nitrogens with one attached hydrogen (secondary N) is 1. The summed E-state index contributed by atoms with van der Waals surface area (Å²) in [7, 11) is 0. The third-order valence-corrected chi connectivity index (χ3v) is 4.42. The van der Waals surface area contributed by atoms with Crippen LogP contribution in [-0.2, 0) is 0 Å². The van der Waals surface area contributed by atoms with E-state index >= 15 is 0 Å². The topological polar surface area (TPSA) is 28.2 Å². The zero-order valence-electron chi connectivity index (χ0n) is 10.2. The number of anilines is 1. The highest BCUT2D eigenvalue weighted by Gasteiger charge is 2.11. The first-order chi connectivity index (χ1) is 8.83. The van der Waals surface area contributed by atoms with Gasteiger partial charge < -0.3 is 10.2 Å². The predicted molar refractivity (Wildman–Crippen MR) is 78.8 cm³/mol. The number of fused-ring (bicyclic) bond motifs is 1. The van der Waals surface area contributed by atoms with Crippen molar-refractivity contribution in [1.82, 2.24) is 9.27 Å². The minimum absolute atomic E-state index is 0.747. The van der Waals surface area contributed by atoms with Gasteiger partial charge in [0.05, 0.1) is 5.52 Å². The molecule has 1 aliphatic rings. The molecule has 2 heterocycles. The summed E-state index contributed by atoms with van der Waals surface area (Å²) in [6.45, 7) is 4.61. The first-order valence-electron chi connectivity index (χ1n) is 6.34. The molecular formula is C13H16ClN3S. The average Bonchev–Trinajstić information content (AvgIpc) is 2.99. The van der Waals surface area contributed by atoms with Crippen molar-refractivity contribution in [2.24, 2.45) is 0 Å². The summed E-state index contributed by atoms with van der Waals surface area (Å²) < 4.78 is 4.41. The molecule has 0 spiro atoms. The second kappa shape index (κ2) is 5.43. The molecule has 0 aliphatic carbocycles. The number of rotatable bonds is 4. The molecule has 0 amide bonds. The van der Waals surface area contributed by atoms with Crippen molar-refractivity contribution in [1.29, 1.82) is 0 Å². The van der Waals surface area contributed by atoms with Crippen LogP contribution in [0.25, 0.3) is 10.9 Å². The quantitative estimate of drug-likeness (QED) is 0.930. The Bertz CT molecular complexity index is 534. The van der Waals surface area contributed by atoms with Crippen LogP contribution in [0.15, 0.2) is 18.2 Å². The van der Waals surface area contributed by atoms with E-state index in [9.17, 15) is 0 Å². The van der Waals surface area contributed by atoms with Crippen LogP contribution in [0.3, 0.4) is 0 Å². The lowest BCUT2D eigenvalue weighted by Crippen LogP contribution is -2.25. The van der Waals surface area contributed by atoms with Crippen molar-refractivity contribution < 1.29 is 0 Å². The molecule has 3 nitrogen and oxygen atoms in total. The summed E-state index contributed by atoms with van der Waals surface area (Å²) in [4.78, 5) is 2.51. The van der Waals surface area contributed by atoms with Crippen LogP contribution in [0.4, 0.5) is 5.00 Å². The summed E-state index contributed by atoms with van der Waals surface area (Å²) in [6, 6.07) is 5.88. The van der Waals surface area contributed by atoms with Crippen molar-refractivity contribution in [3.05, 3.63) is 23.2 Å². The van der Waals surface area contributed by atoms with Gasteiger partial charge in [0.1, 0.15) is 5.00 Å². The van der Waals surface area contributed by atoms with Crippen LogP contribution < -0.4 is 5.32 Å². The van der Waals surface area contributed by atoms with Crippen molar-refractivity contribution in [3.8, 4) is 0 Å². The molecule has 96 valence electrons. The standard InChI is InChI=1S/C13H16ClN3S/c14-10-3-4-11-12(9-10)16-18-13(11)15-5-8-17-6-1-2-7-17/h3-4,9,15H,1-2,5-8H2. The highest BCUT2D eigenvalue weighted by Crippen LogP contribution is 2.29. The smallest absolute Gasteiger partial charge is 0.117 e. The summed E-state index contributed by atoms with van der Waals surface area (Å²) in [5.41, 5.74) is 0.983. The molecule has 0 bridgehead atoms. The fourth-order valence-corrected chi connectivity index (χ4v) is 3.32. The SMILES string of the molecule is Clc1ccc2c(NCCN3CCCC3)snc2c1. The molecule has 1 fully saturated rings. The van der Waals surface area contributed by atoms with Crippen molar-refractivity contribution in [2.45, 2.75) is 12.8 Å². The van der Waals surface area contributed by atoms with Crippen LogP contribution in [-0.4, -0.2) is 35.5 Å². The Labute approximate surface area is 116 Å². The summed E-state index contributed by atoms with van der Waals surface area (Å²) in [5, 5.41) is 6.56. The zero-order chi connectivity index (χ0) is 12.4. The monoisotopic (exact) mass is 281 g/mol. The number of aromatic nitrogens is 1. The highest BCUT2D eigenvalue weighted by atomic mass is 35.5. The van der Waals surface area contributed by atoms with Gasteiger partial charge in [-0.15, -0.1) is 0 Å². The fraction of sp³-hybridized carbons (Fsp3) is 0.462. The van der Waals surface area contributed by atoms with Crippen molar-refractivity contribution >= 4 is 39.0 Å². The van der Waals surface area contributed by atoms with E-state index in [2.05, 4.69) is 14.6 Å². The molecule has 5 heteroatoms. The highest BCUT2D eigenvalue weighted by molar-refractivity contribution is 7.11. The molecule has 18 heavy (non-hydrogen) atoms. The molecule has 0 saturated carbocycles. The molecule has 2 aromatic rings. The van der Waals surface area contributed by atoms with Crippen molar-refractivity contribution in [3.63, 3.8) is 0 Å². The van der Waals surface area contributed by atoms with Gasteiger partial charge in [0, 0.05) is 23.5 Å². The molecule has 0 atom stereocenters. The lowest BCUT2D eigenvalue weighted by molar-refractivity contribution is 0.353. The van der Waals surface area contributed by atoms with Gasteiger partial charge in [-0.3, -0.25) is 0 Å². The van der Waals surface area contributed by atoms with E-state index in [0.717, 1.165) is 28.6 Å². The molecule has 1 aromatic heterocycles. The Hall–Kier alpha value is -0.840. The van der Waals surface area contributed by atoms with Crippen LogP contribution in [0.5, 0.6) is 0 Å². The number of nitrogens with zero attached hydrogens (tertiary/aromatic N) is 2. The molecule has 3 rings (SSSR count). The number of halogens is 1. The fourth-order valence-electron chi connectivity index (χ4n) is 2.38. The maximum Gasteiger partial charge on any atom is 0.117 e. The Morgan fingerprint density at radius 1 is 1.33 bits per heavy atom. The second-order valence-electron chi connectivity index (χ2n) is 4.65. The maximum atomic E-state index is 5.96. The first kappa shape index (κ1) is 12.2. The lowest BCUT2D eigenvalue weighted by atomic mass is 10.2. The van der Waals surface area contributed by atoms with Crippen LogP contribution >= 0.6 is 23.1 Å². The minimum Gasteiger partial charge on any atom is -0.374 e. The molecule has 1 aliphatic heterocycles. The van der Waals surface area contributed by atoms with Gasteiger partial charge in [0.25, 0.3) is 0 Å². The lowest BCUT2D eigenvalue weighted by Gasteiger charge is -2.14. The molecule has 1 saturated heterocycles. The van der Waals surface area contributed by atoms with E-state index in [0.29, 0.717) is 0 Å². The predicted octanol–water partition coefficient (Wildman–Crippen LogP) is 3.46. The van der Waals surface area contributed by atoms with E-state index in [1.54, 1.807) is 0 Å². The molecule has 1 aromatic carbocycles. The van der Waals surface area contributed by atoms with Gasteiger partial charge in [0.15, 0.2) is 0 Å². The number of hydrogen-bond acceptors (Lipinski definition) is 4. The van der Waals surface area contributed by atoms with Gasteiger partial charge in [-0.05, 0) is 55.7 Å². The normalized spacial score (nSPS) is 16.5. The van der Waals surface area contributed by atoms with Gasteiger partial charge in [0.2, 0.25) is 0 Å². The molecule has 1 N–H and O–H groups in total. The van der Waals surface area contributed by atoms with Crippen molar-refractivity contribution in [2.75, 3.05) is 31.5 Å².